The molecule has 5 rings (SSSR count). The summed E-state index contributed by atoms with van der Waals surface area (Å²) in [6.07, 6.45) is -4.19. The van der Waals surface area contributed by atoms with Gasteiger partial charge in [-0.05, 0) is 43.7 Å². The van der Waals surface area contributed by atoms with Crippen molar-refractivity contribution in [1.82, 2.24) is 29.4 Å². The standard InChI is InChI=1S/C23H20F4N6O/c1-12-4-5-13-16(28-12)7-6-15(20(13)24)22(34)33-9-8-14-17(11-33)29-32(3)21(14)18-10-19(23(25,26)27)30-31(18)2/h4-7,10H,8-9,11H2,1-3H3. The quantitative estimate of drug-likeness (QED) is 0.413. The minimum atomic E-state index is -4.56. The molecular formula is C23H20F4N6O. The third kappa shape index (κ3) is 3.51. The number of pyridine rings is 1. The second-order valence-corrected chi connectivity index (χ2v) is 8.36. The van der Waals surface area contributed by atoms with E-state index in [4.69, 9.17) is 0 Å². The Morgan fingerprint density at radius 1 is 1.06 bits per heavy atom. The highest BCUT2D eigenvalue weighted by molar-refractivity contribution is 5.98. The van der Waals surface area contributed by atoms with E-state index < -0.39 is 23.6 Å². The summed E-state index contributed by atoms with van der Waals surface area (Å²) in [4.78, 5) is 18.9. The first-order valence-electron chi connectivity index (χ1n) is 10.6. The number of hydrogen-bond donors (Lipinski definition) is 0. The molecule has 34 heavy (non-hydrogen) atoms. The molecule has 176 valence electrons. The first-order chi connectivity index (χ1) is 16.0. The molecule has 1 aliphatic rings. The fourth-order valence-corrected chi connectivity index (χ4v) is 4.45. The number of nitrogens with zero attached hydrogens (tertiary/aromatic N) is 6. The Kier molecular flexibility index (Phi) is 4.96. The van der Waals surface area contributed by atoms with E-state index in [-0.39, 0.29) is 29.7 Å². The maximum absolute atomic E-state index is 15.1. The molecule has 7 nitrogen and oxygen atoms in total. The molecule has 0 bridgehead atoms. The Bertz CT molecular complexity index is 1450. The van der Waals surface area contributed by atoms with Gasteiger partial charge in [0.1, 0.15) is 5.82 Å². The van der Waals surface area contributed by atoms with E-state index >= 15 is 4.39 Å². The molecule has 3 aromatic heterocycles. The Labute approximate surface area is 191 Å². The number of aromatic nitrogens is 5. The predicted octanol–water partition coefficient (Wildman–Crippen LogP) is 4.03. The molecule has 11 heteroatoms. The van der Waals surface area contributed by atoms with Gasteiger partial charge < -0.3 is 4.90 Å². The molecule has 0 aliphatic carbocycles. The lowest BCUT2D eigenvalue weighted by Gasteiger charge is -2.27. The first-order valence-corrected chi connectivity index (χ1v) is 10.6. The molecule has 0 spiro atoms. The molecule has 0 fully saturated rings. The van der Waals surface area contributed by atoms with Crippen LogP contribution in [0.15, 0.2) is 30.3 Å². The van der Waals surface area contributed by atoms with Crippen LogP contribution in [0.3, 0.4) is 0 Å². The van der Waals surface area contributed by atoms with Gasteiger partial charge >= 0.3 is 6.18 Å². The smallest absolute Gasteiger partial charge is 0.332 e. The highest BCUT2D eigenvalue weighted by atomic mass is 19.4. The van der Waals surface area contributed by atoms with Gasteiger partial charge in [-0.3, -0.25) is 19.1 Å². The van der Waals surface area contributed by atoms with Gasteiger partial charge in [0.2, 0.25) is 0 Å². The molecule has 0 saturated carbocycles. The fraction of sp³-hybridized carbons (Fsp3) is 0.304. The Morgan fingerprint density at radius 2 is 1.82 bits per heavy atom. The molecule has 0 N–H and O–H groups in total. The lowest BCUT2D eigenvalue weighted by Crippen LogP contribution is -2.36. The normalized spacial score (nSPS) is 14.0. The molecule has 0 atom stereocenters. The van der Waals surface area contributed by atoms with Gasteiger partial charge in [0.25, 0.3) is 5.91 Å². The zero-order chi connectivity index (χ0) is 24.4. The van der Waals surface area contributed by atoms with Crippen LogP contribution in [0, 0.1) is 12.7 Å². The van der Waals surface area contributed by atoms with Gasteiger partial charge in [0, 0.05) is 37.3 Å². The number of rotatable bonds is 2. The Morgan fingerprint density at radius 3 is 2.53 bits per heavy atom. The minimum absolute atomic E-state index is 0.0563. The summed E-state index contributed by atoms with van der Waals surface area (Å²) in [5.41, 5.74) is 2.29. The molecule has 0 saturated heterocycles. The van der Waals surface area contributed by atoms with Crippen molar-refractivity contribution in [3.8, 4) is 11.4 Å². The highest BCUT2D eigenvalue weighted by Crippen LogP contribution is 2.35. The Hall–Kier alpha value is -3.76. The lowest BCUT2D eigenvalue weighted by molar-refractivity contribution is -0.141. The van der Waals surface area contributed by atoms with E-state index in [0.29, 0.717) is 23.3 Å². The third-order valence-electron chi connectivity index (χ3n) is 6.08. The lowest BCUT2D eigenvalue weighted by atomic mass is 10.0. The highest BCUT2D eigenvalue weighted by Gasteiger charge is 2.36. The van der Waals surface area contributed by atoms with Gasteiger partial charge in [0.15, 0.2) is 5.69 Å². The predicted molar refractivity (Wildman–Crippen MR) is 115 cm³/mol. The SMILES string of the molecule is Cc1ccc2c(F)c(C(=O)N3CCc4c(nn(C)c4-c4cc(C(F)(F)F)nn4C)C3)ccc2n1. The van der Waals surface area contributed by atoms with Crippen LogP contribution in [0.4, 0.5) is 17.6 Å². The molecular weight excluding hydrogens is 452 g/mol. The summed E-state index contributed by atoms with van der Waals surface area (Å²) in [6.45, 7) is 2.20. The van der Waals surface area contributed by atoms with Crippen LogP contribution < -0.4 is 0 Å². The largest absolute Gasteiger partial charge is 0.435 e. The number of alkyl halides is 3. The summed E-state index contributed by atoms with van der Waals surface area (Å²) in [5.74, 6) is -1.10. The molecule has 0 radical (unpaired) electrons. The van der Waals surface area contributed by atoms with Crippen LogP contribution in [0.1, 0.15) is 33.0 Å². The molecule has 0 unspecified atom stereocenters. The number of hydrogen-bond acceptors (Lipinski definition) is 4. The third-order valence-corrected chi connectivity index (χ3v) is 6.08. The molecule has 1 amide bonds. The van der Waals surface area contributed by atoms with Crippen molar-refractivity contribution >= 4 is 16.8 Å². The van der Waals surface area contributed by atoms with Gasteiger partial charge in [-0.2, -0.15) is 23.4 Å². The molecule has 1 aliphatic heterocycles. The maximum Gasteiger partial charge on any atom is 0.435 e. The summed E-state index contributed by atoms with van der Waals surface area (Å²) >= 11 is 0. The first kappa shape index (κ1) is 22.1. The van der Waals surface area contributed by atoms with Crippen LogP contribution in [0.5, 0.6) is 0 Å². The van der Waals surface area contributed by atoms with Gasteiger partial charge in [-0.25, -0.2) is 4.39 Å². The van der Waals surface area contributed by atoms with Crippen molar-refractivity contribution in [2.45, 2.75) is 26.1 Å². The van der Waals surface area contributed by atoms with Crippen LogP contribution in [-0.2, 0) is 33.2 Å². The van der Waals surface area contributed by atoms with Gasteiger partial charge in [0.05, 0.1) is 34.7 Å². The summed E-state index contributed by atoms with van der Waals surface area (Å²) in [6, 6.07) is 7.33. The van der Waals surface area contributed by atoms with Crippen molar-refractivity contribution in [1.29, 1.82) is 0 Å². The minimum Gasteiger partial charge on any atom is -0.332 e. The number of fused-ring (bicyclic) bond motifs is 2. The number of carbonyl (C=O) groups is 1. The van der Waals surface area contributed by atoms with Gasteiger partial charge in [-0.1, -0.05) is 0 Å². The van der Waals surface area contributed by atoms with Crippen LogP contribution in [-0.4, -0.2) is 41.9 Å². The molecule has 1 aromatic carbocycles. The number of benzene rings is 1. The van der Waals surface area contributed by atoms with E-state index in [1.165, 1.54) is 27.4 Å². The van der Waals surface area contributed by atoms with Crippen molar-refractivity contribution in [2.75, 3.05) is 6.54 Å². The Balaban J connectivity index is 1.47. The topological polar surface area (TPSA) is 68.8 Å². The van der Waals surface area contributed by atoms with Gasteiger partial charge in [-0.15, -0.1) is 0 Å². The van der Waals surface area contributed by atoms with Crippen LogP contribution >= 0.6 is 0 Å². The fourth-order valence-electron chi connectivity index (χ4n) is 4.45. The van der Waals surface area contributed by atoms with E-state index in [0.717, 1.165) is 17.3 Å². The van der Waals surface area contributed by atoms with Crippen molar-refractivity contribution in [3.63, 3.8) is 0 Å². The monoisotopic (exact) mass is 472 g/mol. The summed E-state index contributed by atoms with van der Waals surface area (Å²) in [7, 11) is 3.08. The zero-order valence-corrected chi connectivity index (χ0v) is 18.6. The summed E-state index contributed by atoms with van der Waals surface area (Å²) < 4.78 is 57.2. The van der Waals surface area contributed by atoms with Crippen molar-refractivity contribution < 1.29 is 22.4 Å². The van der Waals surface area contributed by atoms with E-state index in [9.17, 15) is 18.0 Å². The molecule has 4 aromatic rings. The van der Waals surface area contributed by atoms with E-state index in [1.807, 2.05) is 0 Å². The van der Waals surface area contributed by atoms with Crippen molar-refractivity contribution in [2.24, 2.45) is 14.1 Å². The average molecular weight is 472 g/mol. The number of carbonyl (C=O) groups excluding carboxylic acids is 1. The van der Waals surface area contributed by atoms with E-state index in [2.05, 4.69) is 15.2 Å². The number of amides is 1. The van der Waals surface area contributed by atoms with Crippen molar-refractivity contribution in [3.05, 3.63) is 64.4 Å². The zero-order valence-electron chi connectivity index (χ0n) is 18.6. The average Bonchev–Trinajstić information content (AvgIpc) is 3.31. The maximum atomic E-state index is 15.1. The second-order valence-electron chi connectivity index (χ2n) is 8.36. The van der Waals surface area contributed by atoms with Crippen LogP contribution in [0.2, 0.25) is 0 Å². The summed E-state index contributed by atoms with van der Waals surface area (Å²) in [5, 5.41) is 8.30. The second kappa shape index (κ2) is 7.64. The van der Waals surface area contributed by atoms with E-state index in [1.54, 1.807) is 32.2 Å². The number of aryl methyl sites for hydroxylation is 3. The molecule has 4 heterocycles. The number of halogens is 4. The van der Waals surface area contributed by atoms with Crippen LogP contribution in [0.25, 0.3) is 22.3 Å².